The highest BCUT2D eigenvalue weighted by Crippen LogP contribution is 2.24. The van der Waals surface area contributed by atoms with Crippen LogP contribution in [0.25, 0.3) is 0 Å². The molecular formula is C15H19Cl3IN5. The monoisotopic (exact) mass is 501 g/mol. The Balaban J connectivity index is 0.00000288. The first-order valence-electron chi connectivity index (χ1n) is 7.13. The molecule has 2 aromatic heterocycles. The number of nitrogens with one attached hydrogen (secondary N) is 2. The largest absolute Gasteiger partial charge is 0.357 e. The second-order valence-corrected chi connectivity index (χ2v) is 6.02. The molecule has 0 unspecified atom stereocenters. The number of rotatable bonds is 5. The molecule has 9 heteroatoms. The molecule has 132 valence electrons. The second kappa shape index (κ2) is 10.3. The fourth-order valence-electron chi connectivity index (χ4n) is 1.94. The van der Waals surface area contributed by atoms with Crippen molar-refractivity contribution >= 4 is 64.7 Å². The van der Waals surface area contributed by atoms with Crippen molar-refractivity contribution in [2.45, 2.75) is 20.0 Å². The molecule has 0 fully saturated rings. The van der Waals surface area contributed by atoms with Crippen LogP contribution in [0.4, 0.5) is 0 Å². The molecular weight excluding hydrogens is 483 g/mol. The van der Waals surface area contributed by atoms with Gasteiger partial charge in [-0.2, -0.15) is 0 Å². The van der Waals surface area contributed by atoms with E-state index >= 15 is 0 Å². The Bertz CT molecular complexity index is 685. The number of guanidine groups is 1. The van der Waals surface area contributed by atoms with Gasteiger partial charge in [-0.15, -0.1) is 24.0 Å². The Morgan fingerprint density at radius 1 is 1.25 bits per heavy atom. The standard InChI is InChI=1S/C15H18Cl3N5.HI/c1-3-19-15(21-8-10-4-5-13(17)20-7-10)22-9-11-6-12(16)14(18)23(11)2;/h4-7H,3,8-9H2,1-2H3,(H2,19,21,22);1H. The third kappa shape index (κ3) is 5.98. The summed E-state index contributed by atoms with van der Waals surface area (Å²) in [6, 6.07) is 5.49. The third-order valence-corrected chi connectivity index (χ3v) is 4.27. The first-order valence-corrected chi connectivity index (χ1v) is 8.26. The van der Waals surface area contributed by atoms with Crippen molar-refractivity contribution in [3.05, 3.63) is 51.0 Å². The van der Waals surface area contributed by atoms with Gasteiger partial charge in [-0.1, -0.05) is 40.9 Å². The highest BCUT2D eigenvalue weighted by molar-refractivity contribution is 14.0. The maximum absolute atomic E-state index is 6.07. The van der Waals surface area contributed by atoms with Crippen LogP contribution >= 0.6 is 58.8 Å². The van der Waals surface area contributed by atoms with E-state index < -0.39 is 0 Å². The third-order valence-electron chi connectivity index (χ3n) is 3.21. The van der Waals surface area contributed by atoms with Gasteiger partial charge < -0.3 is 15.2 Å². The van der Waals surface area contributed by atoms with Crippen LogP contribution in [0.15, 0.2) is 29.4 Å². The molecule has 0 radical (unpaired) electrons. The van der Waals surface area contributed by atoms with Crippen molar-refractivity contribution in [3.63, 3.8) is 0 Å². The van der Waals surface area contributed by atoms with Gasteiger partial charge in [0.2, 0.25) is 0 Å². The number of nitrogens with zero attached hydrogens (tertiary/aromatic N) is 3. The summed E-state index contributed by atoms with van der Waals surface area (Å²) in [4.78, 5) is 8.57. The molecule has 2 aromatic rings. The van der Waals surface area contributed by atoms with E-state index in [-0.39, 0.29) is 24.0 Å². The minimum atomic E-state index is 0. The highest BCUT2D eigenvalue weighted by atomic mass is 127. The van der Waals surface area contributed by atoms with Crippen molar-refractivity contribution in [3.8, 4) is 0 Å². The molecule has 2 rings (SSSR count). The molecule has 0 aliphatic carbocycles. The van der Waals surface area contributed by atoms with Crippen LogP contribution in [0.5, 0.6) is 0 Å². The predicted octanol–water partition coefficient (Wildman–Crippen LogP) is 4.25. The fraction of sp³-hybridized carbons (Fsp3) is 0.333. The van der Waals surface area contributed by atoms with Gasteiger partial charge >= 0.3 is 0 Å². The molecule has 0 bridgehead atoms. The minimum absolute atomic E-state index is 0. The van der Waals surface area contributed by atoms with Crippen LogP contribution in [0.3, 0.4) is 0 Å². The number of aromatic nitrogens is 2. The van der Waals surface area contributed by atoms with E-state index in [1.54, 1.807) is 12.3 Å². The lowest BCUT2D eigenvalue weighted by molar-refractivity contribution is 0.752. The molecule has 0 aliphatic heterocycles. The number of aliphatic imine (C=N–C) groups is 1. The molecule has 0 aromatic carbocycles. The molecule has 0 saturated heterocycles. The van der Waals surface area contributed by atoms with Crippen molar-refractivity contribution in [1.29, 1.82) is 0 Å². The Labute approximate surface area is 173 Å². The van der Waals surface area contributed by atoms with Crippen molar-refractivity contribution in [2.75, 3.05) is 6.54 Å². The average Bonchev–Trinajstić information content (AvgIpc) is 2.79. The lowest BCUT2D eigenvalue weighted by Gasteiger charge is -2.12. The zero-order chi connectivity index (χ0) is 16.8. The molecule has 0 spiro atoms. The predicted molar refractivity (Wildman–Crippen MR) is 112 cm³/mol. The summed E-state index contributed by atoms with van der Waals surface area (Å²) in [6.07, 6.45) is 1.71. The smallest absolute Gasteiger partial charge is 0.191 e. The number of halogens is 4. The molecule has 0 amide bonds. The zero-order valence-electron chi connectivity index (χ0n) is 13.3. The van der Waals surface area contributed by atoms with Gasteiger partial charge in [0.15, 0.2) is 5.96 Å². The van der Waals surface area contributed by atoms with Gasteiger partial charge in [0, 0.05) is 25.5 Å². The zero-order valence-corrected chi connectivity index (χ0v) is 17.9. The quantitative estimate of drug-likeness (QED) is 0.278. The lowest BCUT2D eigenvalue weighted by atomic mass is 10.3. The normalized spacial score (nSPS) is 11.1. The molecule has 24 heavy (non-hydrogen) atoms. The van der Waals surface area contributed by atoms with Crippen molar-refractivity contribution < 1.29 is 0 Å². The van der Waals surface area contributed by atoms with E-state index in [9.17, 15) is 0 Å². The Morgan fingerprint density at radius 3 is 2.54 bits per heavy atom. The van der Waals surface area contributed by atoms with Crippen molar-refractivity contribution in [1.82, 2.24) is 20.2 Å². The Kier molecular flexibility index (Phi) is 9.18. The van der Waals surface area contributed by atoms with E-state index in [2.05, 4.69) is 20.6 Å². The molecule has 0 atom stereocenters. The maximum atomic E-state index is 6.07. The summed E-state index contributed by atoms with van der Waals surface area (Å²) in [5.74, 6) is 0.705. The Hall–Kier alpha value is -0.700. The van der Waals surface area contributed by atoms with Crippen molar-refractivity contribution in [2.24, 2.45) is 12.0 Å². The highest BCUT2D eigenvalue weighted by Gasteiger charge is 2.09. The summed E-state index contributed by atoms with van der Waals surface area (Å²) >= 11 is 17.9. The van der Waals surface area contributed by atoms with Gasteiger partial charge in [0.25, 0.3) is 0 Å². The van der Waals surface area contributed by atoms with Gasteiger partial charge in [-0.05, 0) is 24.6 Å². The number of hydrogen-bond donors (Lipinski definition) is 2. The summed E-state index contributed by atoms with van der Waals surface area (Å²) in [5, 5.41) is 7.99. The average molecular weight is 503 g/mol. The molecule has 0 saturated carbocycles. The topological polar surface area (TPSA) is 54.2 Å². The maximum Gasteiger partial charge on any atom is 0.191 e. The van der Waals surface area contributed by atoms with Crippen LogP contribution in [0.2, 0.25) is 15.3 Å². The van der Waals surface area contributed by atoms with E-state index in [4.69, 9.17) is 34.8 Å². The van der Waals surface area contributed by atoms with Gasteiger partial charge in [0.1, 0.15) is 10.3 Å². The first kappa shape index (κ1) is 21.3. The van der Waals surface area contributed by atoms with E-state index in [1.165, 1.54) is 0 Å². The summed E-state index contributed by atoms with van der Waals surface area (Å²) < 4.78 is 1.84. The van der Waals surface area contributed by atoms with Crippen LogP contribution < -0.4 is 10.6 Å². The number of pyridine rings is 1. The first-order chi connectivity index (χ1) is 11.0. The summed E-state index contributed by atoms with van der Waals surface area (Å²) in [6.45, 7) is 3.85. The lowest BCUT2D eigenvalue weighted by Crippen LogP contribution is -2.37. The van der Waals surface area contributed by atoms with E-state index in [0.29, 0.717) is 34.4 Å². The van der Waals surface area contributed by atoms with Crippen LogP contribution in [0, 0.1) is 0 Å². The Morgan fingerprint density at radius 2 is 2.00 bits per heavy atom. The van der Waals surface area contributed by atoms with E-state index in [1.807, 2.05) is 30.7 Å². The fourth-order valence-corrected chi connectivity index (χ4v) is 2.47. The molecule has 0 aliphatic rings. The summed E-state index contributed by atoms with van der Waals surface area (Å²) in [7, 11) is 1.87. The SMILES string of the molecule is CCNC(=NCc1ccc(Cl)nc1)NCc1cc(Cl)c(Cl)n1C.I. The molecule has 2 N–H and O–H groups in total. The van der Waals surface area contributed by atoms with Crippen LogP contribution in [-0.4, -0.2) is 22.1 Å². The van der Waals surface area contributed by atoms with E-state index in [0.717, 1.165) is 17.8 Å². The molecule has 5 nitrogen and oxygen atoms in total. The van der Waals surface area contributed by atoms with Gasteiger partial charge in [-0.25, -0.2) is 9.98 Å². The number of hydrogen-bond acceptors (Lipinski definition) is 2. The van der Waals surface area contributed by atoms with Crippen LogP contribution in [-0.2, 0) is 20.1 Å². The minimum Gasteiger partial charge on any atom is -0.357 e. The van der Waals surface area contributed by atoms with Crippen LogP contribution in [0.1, 0.15) is 18.2 Å². The van der Waals surface area contributed by atoms with Gasteiger partial charge in [-0.3, -0.25) is 0 Å². The summed E-state index contributed by atoms with van der Waals surface area (Å²) in [5.41, 5.74) is 1.95. The van der Waals surface area contributed by atoms with Gasteiger partial charge in [0.05, 0.1) is 18.1 Å². The molecule has 2 heterocycles. The second-order valence-electron chi connectivity index (χ2n) is 4.87.